The van der Waals surface area contributed by atoms with Gasteiger partial charge in [0.1, 0.15) is 5.82 Å². The molecule has 0 aliphatic carbocycles. The average molecular weight is 436 g/mol. The molecule has 3 rings (SSSR count). The van der Waals surface area contributed by atoms with Gasteiger partial charge in [-0.3, -0.25) is 4.72 Å². The summed E-state index contributed by atoms with van der Waals surface area (Å²) >= 11 is 11.4. The summed E-state index contributed by atoms with van der Waals surface area (Å²) in [6.07, 6.45) is 0. The van der Waals surface area contributed by atoms with Crippen molar-refractivity contribution in [2.75, 3.05) is 15.4 Å². The Bertz CT molecular complexity index is 1110. The summed E-state index contributed by atoms with van der Waals surface area (Å²) in [7, 11) is -3.90. The molecule has 28 heavy (non-hydrogen) atoms. The van der Waals surface area contributed by atoms with Crippen LogP contribution in [0.15, 0.2) is 77.7 Å². The van der Waals surface area contributed by atoms with Crippen LogP contribution in [0.5, 0.6) is 0 Å². The summed E-state index contributed by atoms with van der Waals surface area (Å²) in [6.45, 7) is 0. The van der Waals surface area contributed by atoms with Crippen LogP contribution in [-0.2, 0) is 10.0 Å². The lowest BCUT2D eigenvalue weighted by atomic mass is 10.3. The zero-order valence-corrected chi connectivity index (χ0v) is 16.7. The van der Waals surface area contributed by atoms with Crippen LogP contribution in [0.4, 0.5) is 21.5 Å². The van der Waals surface area contributed by atoms with Gasteiger partial charge in [-0.05, 0) is 60.7 Å². The Kier molecular flexibility index (Phi) is 6.13. The van der Waals surface area contributed by atoms with Crippen LogP contribution in [0, 0.1) is 5.82 Å². The van der Waals surface area contributed by atoms with Crippen molar-refractivity contribution >= 4 is 56.0 Å². The normalized spacial score (nSPS) is 10.9. The van der Waals surface area contributed by atoms with E-state index in [9.17, 15) is 12.8 Å². The molecule has 0 saturated carbocycles. The first-order valence-electron chi connectivity index (χ1n) is 8.05. The number of sulfonamides is 1. The molecule has 9 heteroatoms. The first-order chi connectivity index (χ1) is 13.3. The number of nitrogens with one attached hydrogen (secondary N) is 3. The quantitative estimate of drug-likeness (QED) is 0.487. The van der Waals surface area contributed by atoms with E-state index in [1.807, 2.05) is 6.07 Å². The van der Waals surface area contributed by atoms with Gasteiger partial charge in [0.05, 0.1) is 27.0 Å². The SMILES string of the molecule is O=S(=O)(Nc1ccccc1NC(=S)Nc1ccccc1Cl)c1ccc(F)cc1. The first-order valence-corrected chi connectivity index (χ1v) is 10.3. The van der Waals surface area contributed by atoms with Crippen LogP contribution in [0.1, 0.15) is 0 Å². The van der Waals surface area contributed by atoms with E-state index in [0.717, 1.165) is 12.1 Å². The summed E-state index contributed by atoms with van der Waals surface area (Å²) in [5.74, 6) is -0.517. The summed E-state index contributed by atoms with van der Waals surface area (Å²) in [5, 5.41) is 6.63. The lowest BCUT2D eigenvalue weighted by molar-refractivity contribution is 0.599. The molecule has 3 N–H and O–H groups in total. The molecule has 0 amide bonds. The van der Waals surface area contributed by atoms with Gasteiger partial charge >= 0.3 is 0 Å². The van der Waals surface area contributed by atoms with Gasteiger partial charge < -0.3 is 10.6 Å². The predicted molar refractivity (Wildman–Crippen MR) is 115 cm³/mol. The van der Waals surface area contributed by atoms with E-state index in [1.54, 1.807) is 42.5 Å². The smallest absolute Gasteiger partial charge is 0.261 e. The van der Waals surface area contributed by atoms with E-state index >= 15 is 0 Å². The maximum absolute atomic E-state index is 13.1. The zero-order chi connectivity index (χ0) is 20.1. The fourth-order valence-corrected chi connectivity index (χ4v) is 3.82. The van der Waals surface area contributed by atoms with Crippen molar-refractivity contribution in [2.45, 2.75) is 4.90 Å². The molecule has 144 valence electrons. The Morgan fingerprint density at radius 3 is 2.00 bits per heavy atom. The number of rotatable bonds is 5. The van der Waals surface area contributed by atoms with E-state index in [0.29, 0.717) is 16.4 Å². The van der Waals surface area contributed by atoms with Crippen molar-refractivity contribution in [3.63, 3.8) is 0 Å². The second-order valence-electron chi connectivity index (χ2n) is 5.66. The van der Waals surface area contributed by atoms with Gasteiger partial charge in [0.25, 0.3) is 10.0 Å². The fourth-order valence-electron chi connectivity index (χ4n) is 2.34. The van der Waals surface area contributed by atoms with Crippen LogP contribution in [0.25, 0.3) is 0 Å². The van der Waals surface area contributed by atoms with Crippen LogP contribution in [0.3, 0.4) is 0 Å². The number of benzene rings is 3. The summed E-state index contributed by atoms with van der Waals surface area (Å²) in [4.78, 5) is -0.0551. The Hall–Kier alpha value is -2.68. The summed E-state index contributed by atoms with van der Waals surface area (Å²) in [5.41, 5.74) is 1.35. The topological polar surface area (TPSA) is 70.2 Å². The van der Waals surface area contributed by atoms with E-state index < -0.39 is 15.8 Å². The zero-order valence-electron chi connectivity index (χ0n) is 14.3. The highest BCUT2D eigenvalue weighted by molar-refractivity contribution is 7.92. The third-order valence-corrected chi connectivity index (χ3v) is 5.58. The second-order valence-corrected chi connectivity index (χ2v) is 8.16. The van der Waals surface area contributed by atoms with Gasteiger partial charge in [0, 0.05) is 0 Å². The number of hydrogen-bond acceptors (Lipinski definition) is 3. The molecule has 0 atom stereocenters. The van der Waals surface area contributed by atoms with Gasteiger partial charge in [-0.15, -0.1) is 0 Å². The maximum atomic E-state index is 13.1. The number of para-hydroxylation sites is 3. The standard InChI is InChI=1S/C19H15ClFN3O2S2/c20-15-5-1-2-6-16(15)22-19(27)23-17-7-3-4-8-18(17)24-28(25,26)14-11-9-13(21)10-12-14/h1-12,24H,(H2,22,23,27). The Balaban J connectivity index is 1.78. The molecule has 0 aliphatic rings. The molecule has 0 bridgehead atoms. The highest BCUT2D eigenvalue weighted by Gasteiger charge is 2.16. The third kappa shape index (κ3) is 4.98. The van der Waals surface area contributed by atoms with Crippen LogP contribution in [0.2, 0.25) is 5.02 Å². The van der Waals surface area contributed by atoms with Gasteiger partial charge in [-0.2, -0.15) is 0 Å². The van der Waals surface area contributed by atoms with E-state index in [-0.39, 0.29) is 15.7 Å². The van der Waals surface area contributed by atoms with Gasteiger partial charge in [0.15, 0.2) is 5.11 Å². The van der Waals surface area contributed by atoms with Gasteiger partial charge in [-0.1, -0.05) is 35.9 Å². The van der Waals surface area contributed by atoms with Crippen molar-refractivity contribution in [3.8, 4) is 0 Å². The lowest BCUT2D eigenvalue weighted by Gasteiger charge is -2.16. The monoisotopic (exact) mass is 435 g/mol. The minimum atomic E-state index is -3.90. The molecule has 0 fully saturated rings. The van der Waals surface area contributed by atoms with Crippen LogP contribution < -0.4 is 15.4 Å². The molecular weight excluding hydrogens is 421 g/mol. The van der Waals surface area contributed by atoms with E-state index in [1.165, 1.54) is 12.1 Å². The molecular formula is C19H15ClFN3O2S2. The molecule has 0 heterocycles. The predicted octanol–water partition coefficient (Wildman–Crippen LogP) is 5.09. The van der Waals surface area contributed by atoms with Crippen LogP contribution >= 0.6 is 23.8 Å². The molecule has 0 radical (unpaired) electrons. The highest BCUT2D eigenvalue weighted by Crippen LogP contribution is 2.26. The van der Waals surface area contributed by atoms with Crippen molar-refractivity contribution in [3.05, 3.63) is 83.6 Å². The fraction of sp³-hybridized carbons (Fsp3) is 0. The molecule has 3 aromatic rings. The van der Waals surface area contributed by atoms with E-state index in [2.05, 4.69) is 15.4 Å². The number of hydrogen-bond donors (Lipinski definition) is 3. The van der Waals surface area contributed by atoms with E-state index in [4.69, 9.17) is 23.8 Å². The first kappa shape index (κ1) is 20.1. The molecule has 0 aliphatic heterocycles. The molecule has 0 aromatic heterocycles. The third-order valence-electron chi connectivity index (χ3n) is 3.67. The number of thiocarbonyl (C=S) groups is 1. The molecule has 3 aromatic carbocycles. The van der Waals surface area contributed by atoms with Gasteiger partial charge in [0.2, 0.25) is 0 Å². The molecule has 0 saturated heterocycles. The Morgan fingerprint density at radius 2 is 1.36 bits per heavy atom. The largest absolute Gasteiger partial charge is 0.331 e. The van der Waals surface area contributed by atoms with Gasteiger partial charge in [-0.25, -0.2) is 12.8 Å². The highest BCUT2D eigenvalue weighted by atomic mass is 35.5. The van der Waals surface area contributed by atoms with Crippen LogP contribution in [-0.4, -0.2) is 13.5 Å². The lowest BCUT2D eigenvalue weighted by Crippen LogP contribution is -2.21. The maximum Gasteiger partial charge on any atom is 0.261 e. The number of halogens is 2. The Labute approximate surface area is 172 Å². The minimum Gasteiger partial charge on any atom is -0.331 e. The second kappa shape index (κ2) is 8.55. The summed E-state index contributed by atoms with van der Waals surface area (Å²) in [6, 6.07) is 18.3. The molecule has 0 unspecified atom stereocenters. The van der Waals surface area contributed by atoms with Crippen molar-refractivity contribution in [1.29, 1.82) is 0 Å². The average Bonchev–Trinajstić information content (AvgIpc) is 2.65. The molecule has 0 spiro atoms. The Morgan fingerprint density at radius 1 is 0.821 bits per heavy atom. The molecule has 5 nitrogen and oxygen atoms in total. The number of anilines is 3. The van der Waals surface area contributed by atoms with Crippen molar-refractivity contribution < 1.29 is 12.8 Å². The summed E-state index contributed by atoms with van der Waals surface area (Å²) < 4.78 is 40.7. The van der Waals surface area contributed by atoms with Crippen molar-refractivity contribution in [2.24, 2.45) is 0 Å². The minimum absolute atomic E-state index is 0.0551. The van der Waals surface area contributed by atoms with Crippen molar-refractivity contribution in [1.82, 2.24) is 0 Å².